The van der Waals surface area contributed by atoms with Crippen LogP contribution in [-0.2, 0) is 35.3 Å². The number of carbonyl (C=O) groups excluding carboxylic acids is 1. The number of aromatic nitrogens is 1. The molecular weight excluding hydrogens is 792 g/mol. The summed E-state index contributed by atoms with van der Waals surface area (Å²) in [6.45, 7) is 1.01. The van der Waals surface area contributed by atoms with Crippen LogP contribution in [0.3, 0.4) is 0 Å². The summed E-state index contributed by atoms with van der Waals surface area (Å²) in [7, 11) is 2.81. The van der Waals surface area contributed by atoms with Crippen molar-refractivity contribution in [3.63, 3.8) is 0 Å². The van der Waals surface area contributed by atoms with Gasteiger partial charge in [0.1, 0.15) is 23.2 Å². The number of nitrogens with zero attached hydrogens (tertiary/aromatic N) is 2. The molecule has 59 heavy (non-hydrogen) atoms. The molecule has 4 heterocycles. The second-order valence-electron chi connectivity index (χ2n) is 16.0. The van der Waals surface area contributed by atoms with E-state index in [1.807, 2.05) is 29.2 Å². The zero-order valence-corrected chi connectivity index (χ0v) is 33.4. The van der Waals surface area contributed by atoms with Crippen LogP contribution in [0.15, 0.2) is 54.6 Å². The number of benzene rings is 3. The monoisotopic (exact) mass is 836 g/mol. The number of carbonyl (C=O) groups is 2. The Kier molecular flexibility index (Phi) is 11.3. The van der Waals surface area contributed by atoms with Crippen LogP contribution in [0, 0.1) is 11.2 Å². The lowest BCUT2D eigenvalue weighted by Gasteiger charge is -2.50. The van der Waals surface area contributed by atoms with E-state index >= 15 is 4.39 Å². The van der Waals surface area contributed by atoms with E-state index in [1.54, 1.807) is 18.2 Å². The Hall–Kier alpha value is -4.92. The highest BCUT2D eigenvalue weighted by Gasteiger charge is 2.50. The summed E-state index contributed by atoms with van der Waals surface area (Å²) in [5, 5.41) is 16.4. The number of ether oxygens (including phenoxy) is 3. The number of piperidine rings is 2. The number of pyridine rings is 1. The van der Waals surface area contributed by atoms with Gasteiger partial charge in [0, 0.05) is 66.9 Å². The van der Waals surface area contributed by atoms with Crippen molar-refractivity contribution in [3.8, 4) is 39.8 Å². The SMILES string of the molecule is COc1cc(-c2cccc(-c3cccc4c3CC[C@@H]4Oc3nc(OC)c(CN4CC5(C(=O)O)CCC4CC5)cc3C(F)(F)F)c2Cl)cc(F)c1CNC[C@@H]1CCC(=O)N1. The quantitative estimate of drug-likeness (QED) is 0.114. The van der Waals surface area contributed by atoms with Crippen molar-refractivity contribution in [3.05, 3.63) is 93.3 Å². The molecule has 0 radical (unpaired) electrons. The molecule has 3 saturated heterocycles. The van der Waals surface area contributed by atoms with E-state index in [0.29, 0.717) is 90.1 Å². The Bertz CT molecular complexity index is 2280. The number of carboxylic acids is 1. The number of nitrogens with one attached hydrogen (secondary N) is 2. The highest BCUT2D eigenvalue weighted by Crippen LogP contribution is 2.48. The lowest BCUT2D eigenvalue weighted by Crippen LogP contribution is -2.56. The molecule has 4 aromatic rings. The number of rotatable bonds is 13. The Balaban J connectivity index is 1.05. The first-order valence-electron chi connectivity index (χ1n) is 19.8. The summed E-state index contributed by atoms with van der Waals surface area (Å²) in [4.78, 5) is 30.0. The summed E-state index contributed by atoms with van der Waals surface area (Å²) < 4.78 is 77.2. The molecule has 1 aromatic heterocycles. The maximum atomic E-state index is 15.7. The van der Waals surface area contributed by atoms with Gasteiger partial charge >= 0.3 is 12.1 Å². The average molecular weight is 837 g/mol. The number of halogens is 5. The van der Waals surface area contributed by atoms with Gasteiger partial charge in [-0.3, -0.25) is 14.5 Å². The molecule has 1 amide bonds. The summed E-state index contributed by atoms with van der Waals surface area (Å²) in [6.07, 6.45) is -1.06. The van der Waals surface area contributed by atoms with Crippen LogP contribution in [-0.4, -0.2) is 66.3 Å². The van der Waals surface area contributed by atoms with E-state index in [1.165, 1.54) is 20.3 Å². The van der Waals surface area contributed by atoms with Crippen molar-refractivity contribution in [1.29, 1.82) is 0 Å². The van der Waals surface area contributed by atoms with Gasteiger partial charge in [-0.15, -0.1) is 0 Å². The number of aliphatic carboxylic acids is 1. The molecule has 5 aliphatic rings. The minimum Gasteiger partial charge on any atom is -0.496 e. The Morgan fingerprint density at radius 3 is 2.44 bits per heavy atom. The van der Waals surface area contributed by atoms with Crippen molar-refractivity contribution in [1.82, 2.24) is 20.5 Å². The van der Waals surface area contributed by atoms with E-state index in [4.69, 9.17) is 25.8 Å². The highest BCUT2D eigenvalue weighted by atomic mass is 35.5. The van der Waals surface area contributed by atoms with E-state index < -0.39 is 40.9 Å². The van der Waals surface area contributed by atoms with Crippen LogP contribution >= 0.6 is 11.6 Å². The Labute approximate surface area is 344 Å². The molecule has 0 spiro atoms. The van der Waals surface area contributed by atoms with Gasteiger partial charge in [0.05, 0.1) is 24.7 Å². The highest BCUT2D eigenvalue weighted by molar-refractivity contribution is 6.36. The normalized spacial score (nSPS) is 22.6. The molecule has 10 nitrogen and oxygen atoms in total. The summed E-state index contributed by atoms with van der Waals surface area (Å²) >= 11 is 7.11. The molecule has 1 saturated carbocycles. The fourth-order valence-corrected chi connectivity index (χ4v) is 9.73. The third-order valence-corrected chi connectivity index (χ3v) is 12.9. The van der Waals surface area contributed by atoms with E-state index in [0.717, 1.165) is 23.6 Å². The first kappa shape index (κ1) is 40.8. The molecular formula is C44H45ClF4N4O6. The topological polar surface area (TPSA) is 122 Å². The third kappa shape index (κ3) is 7.94. The van der Waals surface area contributed by atoms with Crippen molar-refractivity contribution < 1.29 is 46.5 Å². The number of hydrogen-bond acceptors (Lipinski definition) is 8. The molecule has 312 valence electrons. The second kappa shape index (κ2) is 16.3. The van der Waals surface area contributed by atoms with Gasteiger partial charge in [0.2, 0.25) is 17.7 Å². The van der Waals surface area contributed by atoms with Gasteiger partial charge in [-0.1, -0.05) is 48.0 Å². The smallest absolute Gasteiger partial charge is 0.421 e. The van der Waals surface area contributed by atoms with E-state index in [-0.39, 0.29) is 49.1 Å². The summed E-state index contributed by atoms with van der Waals surface area (Å²) in [5.74, 6) is -1.61. The summed E-state index contributed by atoms with van der Waals surface area (Å²) in [6, 6.07) is 15.2. The van der Waals surface area contributed by atoms with Crippen LogP contribution in [0.2, 0.25) is 5.02 Å². The minimum atomic E-state index is -4.80. The number of fused-ring (bicyclic) bond motifs is 4. The molecule has 3 aromatic carbocycles. The minimum absolute atomic E-state index is 0.00684. The number of carboxylic acid groups (broad SMARTS) is 1. The molecule has 3 N–H and O–H groups in total. The Morgan fingerprint density at radius 1 is 1.00 bits per heavy atom. The van der Waals surface area contributed by atoms with Crippen molar-refractivity contribution in [2.24, 2.45) is 5.41 Å². The lowest BCUT2D eigenvalue weighted by molar-refractivity contribution is -0.160. The number of alkyl halides is 3. The fourth-order valence-electron chi connectivity index (χ4n) is 9.40. The standard InChI is InChI=1S/C44H45ClF4N4O6/c1-57-37-19-24(18-35(46)33(37)21-50-20-26-9-12-38(54)51-26)28-5-3-8-32(39(28)45)29-6-4-7-31-30(29)10-11-36(31)59-41-34(44(47,48)49)17-25(40(52-41)58-2)22-53-23-43(42(55)56)15-13-27(53)14-16-43/h3-8,17-19,26-27,36,50H,9-16,20-23H2,1-2H3,(H,51,54)(H,55,56)/t26-,27?,36-,43?/m0/s1. The molecule has 0 unspecified atom stereocenters. The van der Waals surface area contributed by atoms with E-state index in [2.05, 4.69) is 15.6 Å². The van der Waals surface area contributed by atoms with Crippen LogP contribution in [0.4, 0.5) is 17.6 Å². The third-order valence-electron chi connectivity index (χ3n) is 12.5. The van der Waals surface area contributed by atoms with Gasteiger partial charge in [-0.25, -0.2) is 4.39 Å². The molecule has 3 aliphatic heterocycles. The van der Waals surface area contributed by atoms with Crippen molar-refractivity contribution in [2.45, 2.75) is 88.8 Å². The van der Waals surface area contributed by atoms with Gasteiger partial charge in [-0.05, 0) is 85.4 Å². The zero-order valence-electron chi connectivity index (χ0n) is 32.7. The van der Waals surface area contributed by atoms with Gasteiger partial charge in [-0.2, -0.15) is 18.2 Å². The molecule has 9 rings (SSSR count). The predicted octanol–water partition coefficient (Wildman–Crippen LogP) is 8.51. The maximum absolute atomic E-state index is 15.7. The van der Waals surface area contributed by atoms with E-state index in [9.17, 15) is 27.9 Å². The number of hydrogen-bond donors (Lipinski definition) is 3. The number of methoxy groups -OCH3 is 2. The zero-order chi connectivity index (χ0) is 41.6. The van der Waals surface area contributed by atoms with Crippen molar-refractivity contribution >= 4 is 23.5 Å². The lowest BCUT2D eigenvalue weighted by atomic mass is 9.67. The van der Waals surface area contributed by atoms with Gasteiger partial charge in [0.25, 0.3) is 0 Å². The largest absolute Gasteiger partial charge is 0.496 e. The first-order chi connectivity index (χ1) is 28.3. The predicted molar refractivity (Wildman–Crippen MR) is 212 cm³/mol. The number of amides is 1. The van der Waals surface area contributed by atoms with Crippen molar-refractivity contribution in [2.75, 3.05) is 27.3 Å². The van der Waals surface area contributed by atoms with Gasteiger partial charge in [0.15, 0.2) is 0 Å². The molecule has 15 heteroatoms. The molecule has 2 bridgehead atoms. The van der Waals surface area contributed by atoms with Crippen LogP contribution in [0.5, 0.6) is 17.5 Å². The summed E-state index contributed by atoms with van der Waals surface area (Å²) in [5.41, 5.74) is 2.71. The molecule has 2 aliphatic carbocycles. The van der Waals surface area contributed by atoms with Crippen LogP contribution < -0.4 is 24.8 Å². The Morgan fingerprint density at radius 2 is 1.75 bits per heavy atom. The molecule has 4 fully saturated rings. The van der Waals surface area contributed by atoms with Crippen LogP contribution in [0.25, 0.3) is 22.3 Å². The molecule has 2 atom stereocenters. The second-order valence-corrected chi connectivity index (χ2v) is 16.4. The fraction of sp³-hybridized carbons (Fsp3) is 0.432. The van der Waals surface area contributed by atoms with Gasteiger partial charge < -0.3 is 30.0 Å². The average Bonchev–Trinajstić information content (AvgIpc) is 3.84. The maximum Gasteiger partial charge on any atom is 0.421 e. The first-order valence-corrected chi connectivity index (χ1v) is 20.2. The van der Waals surface area contributed by atoms with Crippen LogP contribution in [0.1, 0.15) is 78.9 Å².